The van der Waals surface area contributed by atoms with Gasteiger partial charge in [0.1, 0.15) is 61.0 Å². The molecule has 146 valence electrons. The zero-order chi connectivity index (χ0) is 18.8. The van der Waals surface area contributed by atoms with Crippen LogP contribution < -0.4 is 0 Å². The monoisotopic (exact) mass is 363 g/mol. The Morgan fingerprint density at radius 1 is 0.833 bits per heavy atom. The highest BCUT2D eigenvalue weighted by molar-refractivity contribution is 4.98. The third kappa shape index (κ3) is 4.78. The molecule has 0 amide bonds. The predicted molar refractivity (Wildman–Crippen MR) is 74.5 cm³/mol. The number of rotatable bonds is 7. The summed E-state index contributed by atoms with van der Waals surface area (Å²) in [6.45, 7) is -1.85. The number of hydrogen-bond acceptors (Lipinski definition) is 11. The lowest BCUT2D eigenvalue weighted by molar-refractivity contribution is -0.264. The van der Waals surface area contributed by atoms with E-state index in [2.05, 4.69) is 0 Å². The molecule has 0 aromatic heterocycles. The van der Waals surface area contributed by atoms with Crippen molar-refractivity contribution in [3.8, 4) is 0 Å². The van der Waals surface area contributed by atoms with Gasteiger partial charge in [-0.3, -0.25) is 0 Å². The van der Waals surface area contributed by atoms with E-state index in [0.29, 0.717) is 0 Å². The summed E-state index contributed by atoms with van der Waals surface area (Å²) in [5, 5.41) is 95.3. The van der Waals surface area contributed by atoms with Crippen LogP contribution in [0.4, 0.5) is 0 Å². The van der Waals surface area contributed by atoms with Gasteiger partial charge in [-0.05, 0) is 0 Å². The second kappa shape index (κ2) is 9.86. The molecule has 0 spiro atoms. The van der Waals surface area contributed by atoms with Crippen LogP contribution in [0.25, 0.3) is 0 Å². The molecule has 0 aromatic carbocycles. The number of hydrogen-bond donors (Lipinski definition) is 10. The quantitative estimate of drug-likeness (QED) is 0.203. The Morgan fingerprint density at radius 3 is 1.83 bits per heavy atom. The zero-order valence-electron chi connectivity index (χ0n) is 13.5. The first-order chi connectivity index (χ1) is 11.0. The third-order valence-corrected chi connectivity index (χ3v) is 3.71. The summed E-state index contributed by atoms with van der Waals surface area (Å²) >= 11 is 0. The van der Waals surface area contributed by atoms with Crippen LogP contribution in [0.2, 0.25) is 0 Å². The first-order valence-corrected chi connectivity index (χ1v) is 6.87. The highest BCUT2D eigenvalue weighted by Crippen LogP contribution is 2.25. The summed E-state index contributed by atoms with van der Waals surface area (Å²) in [6, 6.07) is 0. The second-order valence-corrected chi connectivity index (χ2v) is 5.33. The molecule has 1 heterocycles. The summed E-state index contributed by atoms with van der Waals surface area (Å²) in [5.41, 5.74) is 0. The highest BCUT2D eigenvalue weighted by atomic mass is 16.6. The van der Waals surface area contributed by atoms with E-state index >= 15 is 0 Å². The molecule has 1 fully saturated rings. The summed E-state index contributed by atoms with van der Waals surface area (Å²) in [7, 11) is 0. The van der Waals surface area contributed by atoms with E-state index in [-0.39, 0.29) is 5.48 Å². The fourth-order valence-electron chi connectivity index (χ4n) is 2.17. The van der Waals surface area contributed by atoms with Crippen LogP contribution in [-0.4, -0.2) is 131 Å². The summed E-state index contributed by atoms with van der Waals surface area (Å²) in [6.07, 6.45) is -21.5. The average molecular weight is 363 g/mol. The van der Waals surface area contributed by atoms with Crippen molar-refractivity contribution in [2.24, 2.45) is 0 Å². The fourth-order valence-corrected chi connectivity index (χ4v) is 2.17. The minimum Gasteiger partial charge on any atom is -0.412 e. The van der Waals surface area contributed by atoms with Gasteiger partial charge in [0.15, 0.2) is 0 Å². The molecule has 0 saturated carbocycles. The Morgan fingerprint density at radius 2 is 1.38 bits per heavy atom. The molecule has 0 aromatic rings. The molecule has 0 aliphatic carbocycles. The van der Waals surface area contributed by atoms with Crippen molar-refractivity contribution in [2.75, 3.05) is 13.2 Å². The van der Waals surface area contributed by atoms with E-state index < -0.39 is 74.2 Å². The molecule has 10 atom stereocenters. The molecular formula is C12H26O12. The Kier molecular flexibility index (Phi) is 8.86. The van der Waals surface area contributed by atoms with Crippen molar-refractivity contribution in [2.45, 2.75) is 61.0 Å². The van der Waals surface area contributed by atoms with E-state index in [4.69, 9.17) is 16.3 Å². The average Bonchev–Trinajstić information content (AvgIpc) is 2.59. The number of ether oxygens (including phenoxy) is 1. The van der Waals surface area contributed by atoms with Gasteiger partial charge in [-0.25, -0.2) is 0 Å². The Hall–Kier alpha value is -0.480. The topological polar surface area (TPSA) is 243 Å². The van der Waals surface area contributed by atoms with E-state index in [1.165, 1.54) is 0 Å². The first kappa shape index (κ1) is 21.6. The van der Waals surface area contributed by atoms with Crippen LogP contribution in [0.1, 0.15) is 1.37 Å². The van der Waals surface area contributed by atoms with E-state index in [0.717, 1.165) is 0 Å². The van der Waals surface area contributed by atoms with Gasteiger partial charge in [0.05, 0.1) is 14.6 Å². The minimum atomic E-state index is -2.88. The summed E-state index contributed by atoms with van der Waals surface area (Å²) in [4.78, 5) is 0. The molecule has 12 nitrogen and oxygen atoms in total. The van der Waals surface area contributed by atoms with E-state index in [1.807, 2.05) is 0 Å². The molecular weight excluding hydrogens is 336 g/mol. The molecule has 1 rings (SSSR count). The number of aliphatic hydroxyl groups excluding tert-OH is 10. The Labute approximate surface area is 138 Å². The lowest BCUT2D eigenvalue weighted by Gasteiger charge is -2.43. The fraction of sp³-hybridized carbons (Fsp3) is 1.00. The first-order valence-electron chi connectivity index (χ1n) is 7.37. The molecule has 0 radical (unpaired) electrons. The second-order valence-electron chi connectivity index (χ2n) is 5.33. The van der Waals surface area contributed by atoms with Gasteiger partial charge in [-0.2, -0.15) is 0 Å². The normalized spacial score (nSPS) is 40.7. The lowest BCUT2D eigenvalue weighted by Crippen LogP contribution is -2.64. The van der Waals surface area contributed by atoms with Gasteiger partial charge < -0.3 is 61.3 Å². The Bertz CT molecular complexity index is 400. The molecule has 1 aliphatic rings. The van der Waals surface area contributed by atoms with Crippen molar-refractivity contribution in [1.82, 2.24) is 0 Å². The molecule has 1 aliphatic heterocycles. The predicted octanol–water partition coefficient (Wildman–Crippen LogP) is -7.20. The van der Waals surface area contributed by atoms with Gasteiger partial charge in [0.2, 0.25) is 0 Å². The van der Waals surface area contributed by atoms with Crippen LogP contribution in [0.15, 0.2) is 0 Å². The van der Waals surface area contributed by atoms with Gasteiger partial charge >= 0.3 is 0 Å². The minimum absolute atomic E-state index is 0. The van der Waals surface area contributed by atoms with Crippen LogP contribution in [-0.2, 0) is 4.74 Å². The molecule has 24 heavy (non-hydrogen) atoms. The third-order valence-electron chi connectivity index (χ3n) is 3.71. The van der Waals surface area contributed by atoms with Crippen LogP contribution in [0.3, 0.4) is 0 Å². The Balaban J connectivity index is 0.00000576. The zero-order valence-corrected chi connectivity index (χ0v) is 12.5. The van der Waals surface area contributed by atoms with Crippen molar-refractivity contribution >= 4 is 0 Å². The molecule has 12 N–H and O–H groups in total. The van der Waals surface area contributed by atoms with Gasteiger partial charge in [0, 0.05) is 0 Å². The van der Waals surface area contributed by atoms with Crippen LogP contribution in [0.5, 0.6) is 0 Å². The van der Waals surface area contributed by atoms with Crippen LogP contribution in [0, 0.1) is 0 Å². The summed E-state index contributed by atoms with van der Waals surface area (Å²) in [5.74, 6) is 0. The van der Waals surface area contributed by atoms with Gasteiger partial charge in [0.25, 0.3) is 0 Å². The van der Waals surface area contributed by atoms with Crippen molar-refractivity contribution in [1.29, 1.82) is 0 Å². The lowest BCUT2D eigenvalue weighted by atomic mass is 9.88. The molecule has 2 unspecified atom stereocenters. The summed E-state index contributed by atoms with van der Waals surface area (Å²) < 4.78 is 12.8. The van der Waals surface area contributed by atoms with Crippen LogP contribution >= 0.6 is 0 Å². The van der Waals surface area contributed by atoms with Crippen molar-refractivity contribution < 1.29 is 62.6 Å². The van der Waals surface area contributed by atoms with Crippen molar-refractivity contribution in [3.05, 3.63) is 0 Å². The standard InChI is InChI=1S/C12H24O11.H2O/c13-1-3(15)5(16)7(18)9(20)11(22)12-10(21)8(19)6(17)4(2-14)23-12;/h3-22H,1-2H2;1H2/t3-,4-,5-,6+,7+,8+,9-,10-,11?,12?;/m1./s1/i12D;. The molecule has 0 bridgehead atoms. The highest BCUT2D eigenvalue weighted by Gasteiger charge is 2.49. The van der Waals surface area contributed by atoms with Gasteiger partial charge in [-0.15, -0.1) is 0 Å². The van der Waals surface area contributed by atoms with Crippen molar-refractivity contribution in [3.63, 3.8) is 0 Å². The maximum Gasteiger partial charge on any atom is 0.115 e. The van der Waals surface area contributed by atoms with E-state index in [1.54, 1.807) is 0 Å². The van der Waals surface area contributed by atoms with Gasteiger partial charge in [-0.1, -0.05) is 0 Å². The molecule has 12 heteroatoms. The smallest absolute Gasteiger partial charge is 0.115 e. The maximum atomic E-state index is 10.1. The number of aliphatic hydroxyl groups is 10. The van der Waals surface area contributed by atoms with E-state index in [9.17, 15) is 40.9 Å². The largest absolute Gasteiger partial charge is 0.412 e. The SMILES string of the molecule is O.[2H]C1(C(O)[C@H](O)[C@@H](O)[C@H](O)[C@H](O)CO)O[C@H](CO)[C@H](O)[C@H](O)[C@H]1O. The molecule has 1 saturated heterocycles. The maximum absolute atomic E-state index is 10.1.